The number of H-pyrrole nitrogens is 1. The van der Waals surface area contributed by atoms with Crippen molar-refractivity contribution >= 4 is 11.6 Å². The molecule has 0 fully saturated rings. The lowest BCUT2D eigenvalue weighted by Crippen LogP contribution is -2.04. The van der Waals surface area contributed by atoms with Gasteiger partial charge in [0.2, 0.25) is 0 Å². The van der Waals surface area contributed by atoms with Crippen LogP contribution in [0.5, 0.6) is 0 Å². The first-order valence-electron chi connectivity index (χ1n) is 4.36. The molecule has 0 aliphatic rings. The van der Waals surface area contributed by atoms with E-state index in [9.17, 15) is 13.2 Å². The molecule has 0 unspecified atom stereocenters. The molecule has 0 aliphatic heterocycles. The molecule has 1 N–H and O–H groups in total. The van der Waals surface area contributed by atoms with Crippen molar-refractivity contribution in [3.63, 3.8) is 0 Å². The summed E-state index contributed by atoms with van der Waals surface area (Å²) in [4.78, 5) is 0. The highest BCUT2D eigenvalue weighted by atomic mass is 35.5. The molecular weight excluding hydrogens is 241 g/mol. The standard InChI is InChI=1S/C10H6ClF3N2/c11-7-4-2-1-3-6(7)8-5-9(16-15-8)10(12,13)14/h1-5H,(H,15,16). The Morgan fingerprint density at radius 3 is 2.44 bits per heavy atom. The van der Waals surface area contributed by atoms with Crippen molar-refractivity contribution in [2.24, 2.45) is 0 Å². The molecule has 0 amide bonds. The Labute approximate surface area is 94.1 Å². The van der Waals surface area contributed by atoms with Crippen molar-refractivity contribution in [1.29, 1.82) is 0 Å². The summed E-state index contributed by atoms with van der Waals surface area (Å²) in [6, 6.07) is 7.52. The molecule has 0 saturated heterocycles. The van der Waals surface area contributed by atoms with Crippen LogP contribution in [0.2, 0.25) is 5.02 Å². The first-order chi connectivity index (χ1) is 7.48. The third-order valence-corrected chi connectivity index (χ3v) is 2.36. The molecule has 1 heterocycles. The fraction of sp³-hybridized carbons (Fsp3) is 0.100. The molecule has 0 radical (unpaired) electrons. The number of aromatic amines is 1. The smallest absolute Gasteiger partial charge is 0.273 e. The average Bonchev–Trinajstić information content (AvgIpc) is 2.66. The molecule has 2 aromatic rings. The van der Waals surface area contributed by atoms with Crippen LogP contribution >= 0.6 is 11.6 Å². The van der Waals surface area contributed by atoms with E-state index in [0.717, 1.165) is 6.07 Å². The Morgan fingerprint density at radius 2 is 1.88 bits per heavy atom. The lowest BCUT2D eigenvalue weighted by Gasteiger charge is -2.00. The highest BCUT2D eigenvalue weighted by Gasteiger charge is 2.33. The SMILES string of the molecule is FC(F)(F)c1cc(-c2ccccc2Cl)n[nH]1. The molecule has 0 aliphatic carbocycles. The molecular formula is C10H6ClF3N2. The zero-order chi connectivity index (χ0) is 11.8. The molecule has 0 bridgehead atoms. The Morgan fingerprint density at radius 1 is 1.19 bits per heavy atom. The van der Waals surface area contributed by atoms with E-state index in [1.165, 1.54) is 0 Å². The van der Waals surface area contributed by atoms with Crippen LogP contribution in [-0.4, -0.2) is 10.2 Å². The molecule has 1 aromatic heterocycles. The number of nitrogens with zero attached hydrogens (tertiary/aromatic N) is 1. The van der Waals surface area contributed by atoms with Crippen molar-refractivity contribution < 1.29 is 13.2 Å². The zero-order valence-corrected chi connectivity index (χ0v) is 8.60. The summed E-state index contributed by atoms with van der Waals surface area (Å²) in [5.41, 5.74) is -0.240. The van der Waals surface area contributed by atoms with Crippen molar-refractivity contribution in [2.75, 3.05) is 0 Å². The predicted molar refractivity (Wildman–Crippen MR) is 54.0 cm³/mol. The molecule has 6 heteroatoms. The maximum atomic E-state index is 12.3. The highest BCUT2D eigenvalue weighted by Crippen LogP contribution is 2.32. The van der Waals surface area contributed by atoms with Crippen molar-refractivity contribution in [3.05, 3.63) is 41.0 Å². The number of aromatic nitrogens is 2. The van der Waals surface area contributed by atoms with Crippen LogP contribution in [0.4, 0.5) is 13.2 Å². The lowest BCUT2D eigenvalue weighted by atomic mass is 10.1. The van der Waals surface area contributed by atoms with Gasteiger partial charge in [-0.15, -0.1) is 0 Å². The summed E-state index contributed by atoms with van der Waals surface area (Å²) in [7, 11) is 0. The number of alkyl halides is 3. The number of halogens is 4. The summed E-state index contributed by atoms with van der Waals surface area (Å²) >= 11 is 5.85. The monoisotopic (exact) mass is 246 g/mol. The predicted octanol–water partition coefficient (Wildman–Crippen LogP) is 3.75. The molecule has 0 atom stereocenters. The van der Waals surface area contributed by atoms with Gasteiger partial charge in [0.05, 0.1) is 10.7 Å². The van der Waals surface area contributed by atoms with Crippen LogP contribution in [0.15, 0.2) is 30.3 Å². The van der Waals surface area contributed by atoms with Crippen LogP contribution in [-0.2, 0) is 6.18 Å². The topological polar surface area (TPSA) is 28.7 Å². The third-order valence-electron chi connectivity index (χ3n) is 2.03. The summed E-state index contributed by atoms with van der Waals surface area (Å²) in [5, 5.41) is 5.89. The highest BCUT2D eigenvalue weighted by molar-refractivity contribution is 6.33. The minimum Gasteiger partial charge on any atom is -0.273 e. The van der Waals surface area contributed by atoms with Gasteiger partial charge in [-0.2, -0.15) is 18.3 Å². The minimum atomic E-state index is -4.42. The van der Waals surface area contributed by atoms with Gasteiger partial charge in [-0.1, -0.05) is 29.8 Å². The number of hydrogen-bond donors (Lipinski definition) is 1. The van der Waals surface area contributed by atoms with E-state index in [2.05, 4.69) is 5.10 Å². The molecule has 1 aromatic carbocycles. The van der Waals surface area contributed by atoms with Crippen molar-refractivity contribution in [3.8, 4) is 11.3 Å². The van der Waals surface area contributed by atoms with Gasteiger partial charge < -0.3 is 0 Å². The van der Waals surface area contributed by atoms with E-state index in [-0.39, 0.29) is 5.69 Å². The normalized spacial score (nSPS) is 11.8. The molecule has 0 spiro atoms. The van der Waals surface area contributed by atoms with Gasteiger partial charge in [0.25, 0.3) is 0 Å². The van der Waals surface area contributed by atoms with Gasteiger partial charge in [0, 0.05) is 5.56 Å². The zero-order valence-electron chi connectivity index (χ0n) is 7.85. The summed E-state index contributed by atoms with van der Waals surface area (Å²) in [5.74, 6) is 0. The maximum Gasteiger partial charge on any atom is 0.432 e. The van der Waals surface area contributed by atoms with Crippen LogP contribution in [0, 0.1) is 0 Å². The second kappa shape index (κ2) is 3.83. The summed E-state index contributed by atoms with van der Waals surface area (Å²) < 4.78 is 36.9. The Hall–Kier alpha value is -1.49. The fourth-order valence-corrected chi connectivity index (χ4v) is 1.51. The van der Waals surface area contributed by atoms with Gasteiger partial charge >= 0.3 is 6.18 Å². The van der Waals surface area contributed by atoms with Crippen LogP contribution in [0.25, 0.3) is 11.3 Å². The number of hydrogen-bond acceptors (Lipinski definition) is 1. The largest absolute Gasteiger partial charge is 0.432 e. The van der Waals surface area contributed by atoms with Crippen LogP contribution in [0.3, 0.4) is 0 Å². The number of rotatable bonds is 1. The second-order valence-electron chi connectivity index (χ2n) is 3.14. The fourth-order valence-electron chi connectivity index (χ4n) is 1.27. The van der Waals surface area contributed by atoms with Crippen molar-refractivity contribution in [2.45, 2.75) is 6.18 Å². The van der Waals surface area contributed by atoms with E-state index in [0.29, 0.717) is 10.6 Å². The van der Waals surface area contributed by atoms with Gasteiger partial charge in [-0.05, 0) is 12.1 Å². The molecule has 16 heavy (non-hydrogen) atoms. The average molecular weight is 247 g/mol. The van der Waals surface area contributed by atoms with E-state index in [4.69, 9.17) is 11.6 Å². The molecule has 2 rings (SSSR count). The van der Waals surface area contributed by atoms with Crippen LogP contribution in [0.1, 0.15) is 5.69 Å². The Balaban J connectivity index is 2.44. The molecule has 2 nitrogen and oxygen atoms in total. The quantitative estimate of drug-likeness (QED) is 0.816. The van der Waals surface area contributed by atoms with E-state index >= 15 is 0 Å². The first kappa shape index (κ1) is 11.0. The van der Waals surface area contributed by atoms with Gasteiger partial charge in [-0.25, -0.2) is 0 Å². The van der Waals surface area contributed by atoms with E-state index < -0.39 is 11.9 Å². The summed E-state index contributed by atoms with van der Waals surface area (Å²) in [6.07, 6.45) is -4.42. The van der Waals surface area contributed by atoms with E-state index in [1.54, 1.807) is 24.3 Å². The Kier molecular flexibility index (Phi) is 2.63. The van der Waals surface area contributed by atoms with E-state index in [1.807, 2.05) is 5.10 Å². The van der Waals surface area contributed by atoms with Crippen molar-refractivity contribution in [1.82, 2.24) is 10.2 Å². The van der Waals surface area contributed by atoms with Gasteiger partial charge in [0.15, 0.2) is 0 Å². The first-order valence-corrected chi connectivity index (χ1v) is 4.74. The van der Waals surface area contributed by atoms with Gasteiger partial charge in [-0.3, -0.25) is 5.10 Å². The Bertz CT molecular complexity index is 505. The van der Waals surface area contributed by atoms with Gasteiger partial charge in [0.1, 0.15) is 5.69 Å². The second-order valence-corrected chi connectivity index (χ2v) is 3.55. The molecule has 0 saturated carbocycles. The summed E-state index contributed by atoms with van der Waals surface area (Å²) in [6.45, 7) is 0. The molecule has 84 valence electrons. The number of benzene rings is 1. The minimum absolute atomic E-state index is 0.179. The van der Waals surface area contributed by atoms with Crippen LogP contribution < -0.4 is 0 Å². The number of nitrogens with one attached hydrogen (secondary N) is 1. The maximum absolute atomic E-state index is 12.3. The lowest BCUT2D eigenvalue weighted by molar-refractivity contribution is -0.141. The third kappa shape index (κ3) is 2.04.